The lowest BCUT2D eigenvalue weighted by molar-refractivity contribution is 0.332. The largest absolute Gasteiger partial charge is 0.452 e. The van der Waals surface area contributed by atoms with Gasteiger partial charge in [0.15, 0.2) is 4.67 Å². The van der Waals surface area contributed by atoms with Crippen LogP contribution in [-0.4, -0.2) is 18.0 Å². The number of halogens is 1. The number of furan rings is 1. The van der Waals surface area contributed by atoms with Gasteiger partial charge >= 0.3 is 0 Å². The van der Waals surface area contributed by atoms with Gasteiger partial charge in [-0.1, -0.05) is 18.2 Å². The van der Waals surface area contributed by atoms with Crippen molar-refractivity contribution < 1.29 is 4.42 Å². The second-order valence-electron chi connectivity index (χ2n) is 5.20. The quantitative estimate of drug-likeness (QED) is 0.885. The topological polar surface area (TPSA) is 28.4 Å². The van der Waals surface area contributed by atoms with Gasteiger partial charge in [0, 0.05) is 12.2 Å². The van der Waals surface area contributed by atoms with E-state index in [1.54, 1.807) is 0 Å². The molecule has 20 heavy (non-hydrogen) atoms. The van der Waals surface area contributed by atoms with Crippen LogP contribution in [-0.2, 0) is 13.1 Å². The van der Waals surface area contributed by atoms with Crippen molar-refractivity contribution in [2.45, 2.75) is 25.9 Å². The van der Waals surface area contributed by atoms with E-state index in [-0.39, 0.29) is 0 Å². The molecule has 3 rings (SSSR count). The van der Waals surface area contributed by atoms with Crippen LogP contribution in [0.3, 0.4) is 0 Å². The lowest BCUT2D eigenvalue weighted by Gasteiger charge is -2.18. The number of hydrogen-bond acceptors (Lipinski definition) is 3. The molecular formula is C16H19BrN2O. The van der Waals surface area contributed by atoms with Gasteiger partial charge < -0.3 is 9.73 Å². The first-order valence-corrected chi connectivity index (χ1v) is 7.89. The first-order chi connectivity index (χ1) is 9.81. The van der Waals surface area contributed by atoms with Gasteiger partial charge in [-0.15, -0.1) is 0 Å². The summed E-state index contributed by atoms with van der Waals surface area (Å²) in [6.45, 7) is 4.19. The van der Waals surface area contributed by atoms with Crippen molar-refractivity contribution in [3.05, 3.63) is 52.4 Å². The lowest BCUT2D eigenvalue weighted by atomic mass is 10.1. The zero-order valence-corrected chi connectivity index (χ0v) is 13.0. The van der Waals surface area contributed by atoms with Crippen LogP contribution in [0, 0.1) is 0 Å². The number of nitrogens with zero attached hydrogens (tertiary/aromatic N) is 1. The fourth-order valence-electron chi connectivity index (χ4n) is 2.64. The molecule has 2 heterocycles. The summed E-state index contributed by atoms with van der Waals surface area (Å²) in [6.07, 6.45) is 2.66. The predicted octanol–water partition coefficient (Wildman–Crippen LogP) is 4.25. The van der Waals surface area contributed by atoms with Crippen LogP contribution in [0.15, 0.2) is 45.5 Å². The van der Waals surface area contributed by atoms with Crippen molar-refractivity contribution in [2.24, 2.45) is 0 Å². The molecule has 0 atom stereocenters. The third kappa shape index (κ3) is 3.44. The highest BCUT2D eigenvalue weighted by molar-refractivity contribution is 9.10. The standard InChI is InChI=1S/C16H19BrN2O/c17-16-8-7-14(20-16)11-18-15-6-2-1-5-13(15)12-19-9-3-4-10-19/h1-2,5-8,18H,3-4,9-12H2. The SMILES string of the molecule is Brc1ccc(CNc2ccccc2CN2CCCC2)o1. The van der Waals surface area contributed by atoms with E-state index in [1.165, 1.54) is 37.2 Å². The van der Waals surface area contributed by atoms with Crippen LogP contribution >= 0.6 is 15.9 Å². The maximum absolute atomic E-state index is 5.52. The Bertz CT molecular complexity index is 561. The molecule has 3 nitrogen and oxygen atoms in total. The summed E-state index contributed by atoms with van der Waals surface area (Å²) < 4.78 is 6.30. The molecule has 0 amide bonds. The minimum absolute atomic E-state index is 0.711. The molecule has 106 valence electrons. The molecule has 0 spiro atoms. The van der Waals surface area contributed by atoms with Crippen LogP contribution in [0.1, 0.15) is 24.2 Å². The molecule has 0 radical (unpaired) electrons. The Morgan fingerprint density at radius 1 is 1.10 bits per heavy atom. The summed E-state index contributed by atoms with van der Waals surface area (Å²) in [7, 11) is 0. The van der Waals surface area contributed by atoms with E-state index in [0.717, 1.165) is 17.0 Å². The van der Waals surface area contributed by atoms with E-state index in [0.29, 0.717) is 6.54 Å². The zero-order chi connectivity index (χ0) is 13.8. The fourth-order valence-corrected chi connectivity index (χ4v) is 2.98. The average Bonchev–Trinajstić information content (AvgIpc) is 3.10. The van der Waals surface area contributed by atoms with Crippen molar-refractivity contribution in [3.8, 4) is 0 Å². The predicted molar refractivity (Wildman–Crippen MR) is 84.7 cm³/mol. The van der Waals surface area contributed by atoms with Crippen molar-refractivity contribution >= 4 is 21.6 Å². The molecule has 1 aliphatic rings. The molecule has 1 fully saturated rings. The van der Waals surface area contributed by atoms with E-state index in [1.807, 2.05) is 12.1 Å². The number of nitrogens with one attached hydrogen (secondary N) is 1. The molecular weight excluding hydrogens is 316 g/mol. The minimum atomic E-state index is 0.711. The van der Waals surface area contributed by atoms with Crippen LogP contribution in [0.4, 0.5) is 5.69 Å². The Morgan fingerprint density at radius 3 is 2.65 bits per heavy atom. The Morgan fingerprint density at radius 2 is 1.90 bits per heavy atom. The van der Waals surface area contributed by atoms with Crippen molar-refractivity contribution in [1.29, 1.82) is 0 Å². The van der Waals surface area contributed by atoms with E-state index >= 15 is 0 Å². The lowest BCUT2D eigenvalue weighted by Crippen LogP contribution is -2.19. The fraction of sp³-hybridized carbons (Fsp3) is 0.375. The molecule has 1 aliphatic heterocycles. The molecule has 1 aromatic heterocycles. The first kappa shape index (κ1) is 13.7. The third-order valence-corrected chi connectivity index (χ3v) is 4.12. The van der Waals surface area contributed by atoms with Gasteiger partial charge in [-0.3, -0.25) is 4.90 Å². The average molecular weight is 335 g/mol. The molecule has 1 aromatic carbocycles. The van der Waals surface area contributed by atoms with E-state index < -0.39 is 0 Å². The van der Waals surface area contributed by atoms with Crippen molar-refractivity contribution in [2.75, 3.05) is 18.4 Å². The number of benzene rings is 1. The second-order valence-corrected chi connectivity index (χ2v) is 5.98. The van der Waals surface area contributed by atoms with Gasteiger partial charge in [0.05, 0.1) is 6.54 Å². The number of anilines is 1. The Kier molecular flexibility index (Phi) is 4.43. The Labute approximate surface area is 128 Å². The molecule has 1 N–H and O–H groups in total. The van der Waals surface area contributed by atoms with Crippen LogP contribution in [0.25, 0.3) is 0 Å². The zero-order valence-electron chi connectivity index (χ0n) is 11.4. The van der Waals surface area contributed by atoms with Crippen molar-refractivity contribution in [3.63, 3.8) is 0 Å². The van der Waals surface area contributed by atoms with E-state index in [9.17, 15) is 0 Å². The molecule has 0 unspecified atom stereocenters. The van der Waals surface area contributed by atoms with E-state index in [4.69, 9.17) is 4.42 Å². The Hall–Kier alpha value is -1.26. The van der Waals surface area contributed by atoms with Gasteiger partial charge in [0.25, 0.3) is 0 Å². The highest BCUT2D eigenvalue weighted by Crippen LogP contribution is 2.21. The van der Waals surface area contributed by atoms with Crippen LogP contribution in [0.2, 0.25) is 0 Å². The maximum atomic E-state index is 5.52. The second kappa shape index (κ2) is 6.46. The van der Waals surface area contributed by atoms with Gasteiger partial charge in [-0.25, -0.2) is 0 Å². The van der Waals surface area contributed by atoms with Gasteiger partial charge in [0.1, 0.15) is 5.76 Å². The maximum Gasteiger partial charge on any atom is 0.169 e. The molecule has 0 bridgehead atoms. The number of hydrogen-bond donors (Lipinski definition) is 1. The van der Waals surface area contributed by atoms with Gasteiger partial charge in [-0.2, -0.15) is 0 Å². The van der Waals surface area contributed by atoms with Crippen LogP contribution < -0.4 is 5.32 Å². The van der Waals surface area contributed by atoms with Crippen LogP contribution in [0.5, 0.6) is 0 Å². The highest BCUT2D eigenvalue weighted by atomic mass is 79.9. The normalized spacial score (nSPS) is 15.7. The molecule has 0 saturated carbocycles. The summed E-state index contributed by atoms with van der Waals surface area (Å²) in [4.78, 5) is 2.52. The Balaban J connectivity index is 1.65. The minimum Gasteiger partial charge on any atom is -0.452 e. The summed E-state index contributed by atoms with van der Waals surface area (Å²) in [5.74, 6) is 0.938. The number of para-hydroxylation sites is 1. The summed E-state index contributed by atoms with van der Waals surface area (Å²) >= 11 is 3.33. The monoisotopic (exact) mass is 334 g/mol. The summed E-state index contributed by atoms with van der Waals surface area (Å²) in [6, 6.07) is 12.4. The third-order valence-electron chi connectivity index (χ3n) is 3.69. The first-order valence-electron chi connectivity index (χ1n) is 7.09. The summed E-state index contributed by atoms with van der Waals surface area (Å²) in [5, 5.41) is 3.48. The molecule has 0 aliphatic carbocycles. The number of rotatable bonds is 5. The van der Waals surface area contributed by atoms with Crippen molar-refractivity contribution in [1.82, 2.24) is 4.90 Å². The summed E-state index contributed by atoms with van der Waals surface area (Å²) in [5.41, 5.74) is 2.56. The van der Waals surface area contributed by atoms with Gasteiger partial charge in [-0.05, 0) is 65.6 Å². The van der Waals surface area contributed by atoms with E-state index in [2.05, 4.69) is 50.4 Å². The highest BCUT2D eigenvalue weighted by Gasteiger charge is 2.13. The molecule has 1 saturated heterocycles. The van der Waals surface area contributed by atoms with Gasteiger partial charge in [0.2, 0.25) is 0 Å². The molecule has 4 heteroatoms. The number of likely N-dealkylation sites (tertiary alicyclic amines) is 1. The molecule has 2 aromatic rings. The smallest absolute Gasteiger partial charge is 0.169 e.